The molecule has 0 radical (unpaired) electrons. The lowest BCUT2D eigenvalue weighted by atomic mass is 10.0. The monoisotopic (exact) mass is 516 g/mol. The Hall–Kier alpha value is -3.41. The predicted octanol–water partition coefficient (Wildman–Crippen LogP) is 2.39. The van der Waals surface area contributed by atoms with Crippen LogP contribution in [-0.2, 0) is 34.3 Å². The van der Waals surface area contributed by atoms with E-state index in [1.165, 1.54) is 7.11 Å². The molecular formula is C25H32N4O6S. The number of nitrogens with two attached hydrogens (primary N) is 1. The molecule has 3 rings (SSSR count). The molecule has 1 aromatic heterocycles. The Balaban J connectivity index is 2.01. The molecule has 0 saturated heterocycles. The first-order valence-electron chi connectivity index (χ1n) is 11.5. The van der Waals surface area contributed by atoms with E-state index in [1.54, 1.807) is 18.3 Å². The first-order valence-corrected chi connectivity index (χ1v) is 13.4. The second kappa shape index (κ2) is 12.0. The van der Waals surface area contributed by atoms with Crippen LogP contribution in [0.15, 0.2) is 36.5 Å². The van der Waals surface area contributed by atoms with Gasteiger partial charge in [0.15, 0.2) is 11.5 Å². The molecule has 3 aromatic rings. The lowest BCUT2D eigenvalue weighted by Crippen LogP contribution is -2.24. The SMILES string of the molecule is CCc1c(CO)cccc1Nc1c(CC(N)=O)cnc2cc(OCCCNS(C)(=O)=O)c(OC)cc12. The Bertz CT molecular complexity index is 1340. The molecule has 0 saturated carbocycles. The van der Waals surface area contributed by atoms with Gasteiger partial charge in [-0.15, -0.1) is 0 Å². The fraction of sp³-hybridized carbons (Fsp3) is 0.360. The number of carbonyl (C=O) groups is 1. The average molecular weight is 517 g/mol. The minimum Gasteiger partial charge on any atom is -0.493 e. The van der Waals surface area contributed by atoms with E-state index in [-0.39, 0.29) is 26.2 Å². The number of hydrogen-bond donors (Lipinski definition) is 4. The standard InChI is InChI=1S/C25H32N4O6S/c1-4-18-16(15-30)7-5-8-20(18)29-25-17(11-24(26)31)14-27-21-13-23(22(34-2)12-19(21)25)35-10-6-9-28-36(3,32)33/h5,7-8,12-14,28,30H,4,6,9-11,15H2,1-3H3,(H2,26,31)(H,27,29). The van der Waals surface area contributed by atoms with Crippen LogP contribution in [0.5, 0.6) is 11.5 Å². The maximum absolute atomic E-state index is 11.8. The Morgan fingerprint density at radius 2 is 1.97 bits per heavy atom. The van der Waals surface area contributed by atoms with Crippen molar-refractivity contribution in [3.63, 3.8) is 0 Å². The number of aromatic nitrogens is 1. The molecule has 0 fully saturated rings. The van der Waals surface area contributed by atoms with Crippen molar-refractivity contribution in [1.29, 1.82) is 0 Å². The number of anilines is 2. The second-order valence-corrected chi connectivity index (χ2v) is 10.1. The number of rotatable bonds is 13. The molecule has 0 aliphatic carbocycles. The largest absolute Gasteiger partial charge is 0.493 e. The van der Waals surface area contributed by atoms with Gasteiger partial charge in [-0.3, -0.25) is 9.78 Å². The lowest BCUT2D eigenvalue weighted by Gasteiger charge is -2.19. The number of methoxy groups -OCH3 is 1. The maximum atomic E-state index is 11.8. The molecule has 0 aliphatic rings. The number of nitrogens with zero attached hydrogens (tertiary/aromatic N) is 1. The smallest absolute Gasteiger partial charge is 0.221 e. The van der Waals surface area contributed by atoms with Crippen LogP contribution in [0.25, 0.3) is 10.9 Å². The first kappa shape index (κ1) is 27.2. The number of hydrogen-bond acceptors (Lipinski definition) is 8. The van der Waals surface area contributed by atoms with Crippen molar-refractivity contribution >= 4 is 38.2 Å². The van der Waals surface area contributed by atoms with E-state index in [1.807, 2.05) is 25.1 Å². The Morgan fingerprint density at radius 3 is 2.61 bits per heavy atom. The topological polar surface area (TPSA) is 153 Å². The van der Waals surface area contributed by atoms with Crippen LogP contribution in [0, 0.1) is 0 Å². The van der Waals surface area contributed by atoms with Crippen LogP contribution < -0.4 is 25.2 Å². The number of aliphatic hydroxyl groups is 1. The molecule has 5 N–H and O–H groups in total. The number of primary amides is 1. The summed E-state index contributed by atoms with van der Waals surface area (Å²) in [5, 5.41) is 13.9. The van der Waals surface area contributed by atoms with Crippen LogP contribution in [0.2, 0.25) is 0 Å². The maximum Gasteiger partial charge on any atom is 0.221 e. The van der Waals surface area contributed by atoms with E-state index in [9.17, 15) is 18.3 Å². The van der Waals surface area contributed by atoms with Gasteiger partial charge in [0.1, 0.15) is 0 Å². The zero-order valence-electron chi connectivity index (χ0n) is 20.6. The number of sulfonamides is 1. The molecule has 1 amide bonds. The van der Waals surface area contributed by atoms with Gasteiger partial charge in [0, 0.05) is 35.4 Å². The molecule has 0 bridgehead atoms. The normalized spacial score (nSPS) is 11.4. The molecule has 0 atom stereocenters. The van der Waals surface area contributed by atoms with E-state index >= 15 is 0 Å². The van der Waals surface area contributed by atoms with Crippen molar-refractivity contribution in [3.8, 4) is 11.5 Å². The predicted molar refractivity (Wildman–Crippen MR) is 139 cm³/mol. The summed E-state index contributed by atoms with van der Waals surface area (Å²) in [4.78, 5) is 16.3. The Labute approximate surface area is 210 Å². The summed E-state index contributed by atoms with van der Waals surface area (Å²) in [7, 11) is -1.74. The van der Waals surface area contributed by atoms with Crippen molar-refractivity contribution in [2.45, 2.75) is 32.8 Å². The summed E-state index contributed by atoms with van der Waals surface area (Å²) < 4.78 is 36.3. The lowest BCUT2D eigenvalue weighted by molar-refractivity contribution is -0.117. The summed E-state index contributed by atoms with van der Waals surface area (Å²) in [6, 6.07) is 9.16. The van der Waals surface area contributed by atoms with Gasteiger partial charge in [0.25, 0.3) is 0 Å². The third kappa shape index (κ3) is 6.84. The van der Waals surface area contributed by atoms with E-state index < -0.39 is 15.9 Å². The van der Waals surface area contributed by atoms with Gasteiger partial charge in [-0.2, -0.15) is 0 Å². The number of carbonyl (C=O) groups excluding carboxylic acids is 1. The minimum atomic E-state index is -3.26. The molecule has 194 valence electrons. The number of aliphatic hydroxyl groups excluding tert-OH is 1. The highest BCUT2D eigenvalue weighted by Gasteiger charge is 2.17. The van der Waals surface area contributed by atoms with E-state index in [0.29, 0.717) is 46.5 Å². The first-order chi connectivity index (χ1) is 17.2. The van der Waals surface area contributed by atoms with Crippen molar-refractivity contribution in [2.75, 3.05) is 31.8 Å². The molecule has 36 heavy (non-hydrogen) atoms. The van der Waals surface area contributed by atoms with Gasteiger partial charge in [0.2, 0.25) is 15.9 Å². The number of pyridine rings is 1. The molecule has 0 unspecified atom stereocenters. The van der Waals surface area contributed by atoms with Crippen LogP contribution in [0.1, 0.15) is 30.0 Å². The van der Waals surface area contributed by atoms with Crippen LogP contribution in [-0.4, -0.2) is 50.9 Å². The number of amides is 1. The van der Waals surface area contributed by atoms with Gasteiger partial charge in [-0.25, -0.2) is 13.1 Å². The van der Waals surface area contributed by atoms with Crippen molar-refractivity contribution in [1.82, 2.24) is 9.71 Å². The molecule has 1 heterocycles. The van der Waals surface area contributed by atoms with E-state index in [2.05, 4.69) is 15.0 Å². The zero-order valence-corrected chi connectivity index (χ0v) is 21.4. The molecule has 10 nitrogen and oxygen atoms in total. The highest BCUT2D eigenvalue weighted by Crippen LogP contribution is 2.38. The van der Waals surface area contributed by atoms with Gasteiger partial charge in [-0.05, 0) is 36.1 Å². The summed E-state index contributed by atoms with van der Waals surface area (Å²) in [5.41, 5.74) is 9.97. The molecular weight excluding hydrogens is 484 g/mol. The van der Waals surface area contributed by atoms with E-state index in [4.69, 9.17) is 15.2 Å². The quantitative estimate of drug-likeness (QED) is 0.253. The molecule has 0 aliphatic heterocycles. The highest BCUT2D eigenvalue weighted by molar-refractivity contribution is 7.88. The van der Waals surface area contributed by atoms with Gasteiger partial charge in [-0.1, -0.05) is 19.1 Å². The summed E-state index contributed by atoms with van der Waals surface area (Å²) >= 11 is 0. The van der Waals surface area contributed by atoms with Gasteiger partial charge < -0.3 is 25.6 Å². The summed E-state index contributed by atoms with van der Waals surface area (Å²) in [6.45, 7) is 2.44. The number of fused-ring (bicyclic) bond motifs is 1. The van der Waals surface area contributed by atoms with Crippen LogP contribution in [0.4, 0.5) is 11.4 Å². The molecule has 11 heteroatoms. The number of benzene rings is 2. The summed E-state index contributed by atoms with van der Waals surface area (Å²) in [6.07, 6.45) is 3.85. The van der Waals surface area contributed by atoms with Crippen molar-refractivity contribution in [3.05, 3.63) is 53.2 Å². The Morgan fingerprint density at radius 1 is 1.19 bits per heavy atom. The minimum absolute atomic E-state index is 0.0136. The number of ether oxygens (including phenoxy) is 2. The second-order valence-electron chi connectivity index (χ2n) is 8.27. The van der Waals surface area contributed by atoms with Gasteiger partial charge >= 0.3 is 0 Å². The molecule has 2 aromatic carbocycles. The molecule has 0 spiro atoms. The third-order valence-corrected chi connectivity index (χ3v) is 6.32. The fourth-order valence-electron chi connectivity index (χ4n) is 3.95. The number of nitrogens with one attached hydrogen (secondary N) is 2. The fourth-order valence-corrected chi connectivity index (χ4v) is 4.46. The zero-order chi connectivity index (χ0) is 26.3. The van der Waals surface area contributed by atoms with Crippen molar-refractivity contribution in [2.24, 2.45) is 5.73 Å². The third-order valence-electron chi connectivity index (χ3n) is 5.60. The van der Waals surface area contributed by atoms with Crippen LogP contribution in [0.3, 0.4) is 0 Å². The Kier molecular flexibility index (Phi) is 9.08. The average Bonchev–Trinajstić information content (AvgIpc) is 2.83. The van der Waals surface area contributed by atoms with Crippen LogP contribution >= 0.6 is 0 Å². The van der Waals surface area contributed by atoms with Gasteiger partial charge in [0.05, 0.1) is 44.2 Å². The summed E-state index contributed by atoms with van der Waals surface area (Å²) in [5.74, 6) is 0.426. The highest BCUT2D eigenvalue weighted by atomic mass is 32.2. The van der Waals surface area contributed by atoms with Crippen molar-refractivity contribution < 1.29 is 27.8 Å². The van der Waals surface area contributed by atoms with E-state index in [0.717, 1.165) is 23.1 Å².